The molecule has 1 aliphatic heterocycles. The summed E-state index contributed by atoms with van der Waals surface area (Å²) in [5, 5.41) is 2.29. The van der Waals surface area contributed by atoms with Crippen LogP contribution in [0, 0.1) is 0 Å². The van der Waals surface area contributed by atoms with E-state index >= 15 is 0 Å². The lowest BCUT2D eigenvalue weighted by Crippen LogP contribution is -2.49. The first-order valence-corrected chi connectivity index (χ1v) is 5.40. The van der Waals surface area contributed by atoms with Crippen LogP contribution in [0.1, 0.15) is 12.0 Å². The fourth-order valence-corrected chi connectivity index (χ4v) is 1.75. The van der Waals surface area contributed by atoms with Crippen molar-refractivity contribution in [3.63, 3.8) is 0 Å². The van der Waals surface area contributed by atoms with Crippen LogP contribution in [0.5, 0.6) is 0 Å². The van der Waals surface area contributed by atoms with Crippen LogP contribution in [0.15, 0.2) is 24.3 Å². The number of urea groups is 1. The lowest BCUT2D eigenvalue weighted by atomic mass is 10.2. The van der Waals surface area contributed by atoms with Crippen molar-refractivity contribution < 1.29 is 14.3 Å². The molecule has 1 saturated heterocycles. The van der Waals surface area contributed by atoms with Crippen LogP contribution in [0.4, 0.5) is 10.5 Å². The van der Waals surface area contributed by atoms with Crippen molar-refractivity contribution in [1.82, 2.24) is 5.32 Å². The lowest BCUT2D eigenvalue weighted by Gasteiger charge is -2.26. The number of benzene rings is 1. The summed E-state index contributed by atoms with van der Waals surface area (Å²) in [4.78, 5) is 24.2. The van der Waals surface area contributed by atoms with Crippen molar-refractivity contribution in [2.24, 2.45) is 0 Å². The molecule has 3 amide bonds. The predicted octanol–water partition coefficient (Wildman–Crippen LogP) is 1.28. The summed E-state index contributed by atoms with van der Waals surface area (Å²) < 4.78 is 5.01. The van der Waals surface area contributed by atoms with Gasteiger partial charge < -0.3 is 4.74 Å². The van der Waals surface area contributed by atoms with Crippen molar-refractivity contribution in [2.45, 2.75) is 13.0 Å². The molecule has 0 spiro atoms. The lowest BCUT2D eigenvalue weighted by molar-refractivity contribution is -0.120. The number of anilines is 1. The fourth-order valence-electron chi connectivity index (χ4n) is 1.75. The molecule has 1 N–H and O–H groups in total. The number of hydrogen-bond acceptors (Lipinski definition) is 3. The van der Waals surface area contributed by atoms with Gasteiger partial charge in [0.1, 0.15) is 0 Å². The molecule has 1 fully saturated rings. The number of methoxy groups -OCH3 is 1. The maximum Gasteiger partial charge on any atom is 0.328 e. The number of carbonyl (C=O) groups is 2. The van der Waals surface area contributed by atoms with Gasteiger partial charge >= 0.3 is 6.03 Å². The predicted molar refractivity (Wildman–Crippen MR) is 62.7 cm³/mol. The van der Waals surface area contributed by atoms with Gasteiger partial charge in [0, 0.05) is 25.8 Å². The Hall–Kier alpha value is -1.88. The first-order valence-electron chi connectivity index (χ1n) is 5.40. The van der Waals surface area contributed by atoms with Crippen LogP contribution >= 0.6 is 0 Å². The highest BCUT2D eigenvalue weighted by atomic mass is 16.5. The molecule has 0 saturated carbocycles. The zero-order chi connectivity index (χ0) is 12.3. The molecule has 0 atom stereocenters. The maximum absolute atomic E-state index is 11.6. The Bertz CT molecular complexity index is 428. The smallest absolute Gasteiger partial charge is 0.328 e. The Balaban J connectivity index is 2.11. The molecule has 0 unspecified atom stereocenters. The molecule has 5 nitrogen and oxygen atoms in total. The van der Waals surface area contributed by atoms with Crippen molar-refractivity contribution in [1.29, 1.82) is 0 Å². The van der Waals surface area contributed by atoms with E-state index in [9.17, 15) is 9.59 Å². The van der Waals surface area contributed by atoms with Crippen LogP contribution in [0.3, 0.4) is 0 Å². The van der Waals surface area contributed by atoms with Gasteiger partial charge in [-0.15, -0.1) is 0 Å². The Labute approximate surface area is 99.4 Å². The van der Waals surface area contributed by atoms with E-state index in [4.69, 9.17) is 4.74 Å². The zero-order valence-corrected chi connectivity index (χ0v) is 9.60. The number of amides is 3. The average Bonchev–Trinajstić information content (AvgIpc) is 2.31. The minimum Gasteiger partial charge on any atom is -0.380 e. The van der Waals surface area contributed by atoms with Crippen LogP contribution in [0.2, 0.25) is 0 Å². The molecule has 90 valence electrons. The topological polar surface area (TPSA) is 58.6 Å². The third-order valence-electron chi connectivity index (χ3n) is 2.61. The number of imide groups is 1. The monoisotopic (exact) mass is 234 g/mol. The molecule has 0 aromatic heterocycles. The number of hydrogen-bond donors (Lipinski definition) is 1. The second-order valence-electron chi connectivity index (χ2n) is 3.85. The highest BCUT2D eigenvalue weighted by Gasteiger charge is 2.23. The Morgan fingerprint density at radius 1 is 1.29 bits per heavy atom. The first kappa shape index (κ1) is 11.6. The number of nitrogens with one attached hydrogen (secondary N) is 1. The fraction of sp³-hybridized carbons (Fsp3) is 0.333. The summed E-state index contributed by atoms with van der Waals surface area (Å²) >= 11 is 0. The average molecular weight is 234 g/mol. The molecule has 1 aromatic carbocycles. The summed E-state index contributed by atoms with van der Waals surface area (Å²) in [6.45, 7) is 0.971. The third kappa shape index (κ3) is 2.62. The van der Waals surface area contributed by atoms with Crippen LogP contribution in [0.25, 0.3) is 0 Å². The van der Waals surface area contributed by atoms with E-state index in [-0.39, 0.29) is 11.9 Å². The van der Waals surface area contributed by atoms with Crippen LogP contribution in [-0.4, -0.2) is 25.6 Å². The summed E-state index contributed by atoms with van der Waals surface area (Å²) in [6, 6.07) is 7.15. The van der Waals surface area contributed by atoms with E-state index in [0.29, 0.717) is 19.6 Å². The van der Waals surface area contributed by atoms with Crippen molar-refractivity contribution in [3.8, 4) is 0 Å². The molecular weight excluding hydrogens is 220 g/mol. The second-order valence-corrected chi connectivity index (χ2v) is 3.85. The molecule has 0 aliphatic carbocycles. The largest absolute Gasteiger partial charge is 0.380 e. The molecule has 5 heteroatoms. The number of nitrogens with zero attached hydrogens (tertiary/aromatic N) is 1. The highest BCUT2D eigenvalue weighted by Crippen LogP contribution is 2.18. The van der Waals surface area contributed by atoms with Crippen molar-refractivity contribution in [2.75, 3.05) is 18.6 Å². The number of carbonyl (C=O) groups excluding carboxylic acids is 2. The Morgan fingerprint density at radius 2 is 2.00 bits per heavy atom. The van der Waals surface area contributed by atoms with Gasteiger partial charge in [0.2, 0.25) is 5.91 Å². The van der Waals surface area contributed by atoms with E-state index in [1.807, 2.05) is 24.3 Å². The molecule has 1 aliphatic rings. The maximum atomic E-state index is 11.6. The van der Waals surface area contributed by atoms with Gasteiger partial charge in [-0.05, 0) is 17.7 Å². The van der Waals surface area contributed by atoms with Gasteiger partial charge in [-0.2, -0.15) is 0 Å². The van der Waals surface area contributed by atoms with Crippen LogP contribution in [-0.2, 0) is 16.1 Å². The van der Waals surface area contributed by atoms with Gasteiger partial charge in [0.05, 0.1) is 6.61 Å². The van der Waals surface area contributed by atoms with Gasteiger partial charge in [-0.1, -0.05) is 12.1 Å². The van der Waals surface area contributed by atoms with Crippen molar-refractivity contribution in [3.05, 3.63) is 29.8 Å². The van der Waals surface area contributed by atoms with Crippen LogP contribution < -0.4 is 10.2 Å². The Kier molecular flexibility index (Phi) is 3.39. The summed E-state index contributed by atoms with van der Waals surface area (Å²) in [7, 11) is 1.64. The summed E-state index contributed by atoms with van der Waals surface area (Å²) in [6.07, 6.45) is 0.339. The van der Waals surface area contributed by atoms with E-state index in [1.54, 1.807) is 12.0 Å². The Morgan fingerprint density at radius 3 is 2.59 bits per heavy atom. The molecule has 17 heavy (non-hydrogen) atoms. The number of ether oxygens (including phenoxy) is 1. The SMILES string of the molecule is COCc1ccc(N2CCC(=O)NC2=O)cc1. The molecule has 0 bridgehead atoms. The molecule has 0 radical (unpaired) electrons. The first-order chi connectivity index (χ1) is 8.20. The van der Waals surface area contributed by atoms with Gasteiger partial charge in [0.25, 0.3) is 0 Å². The highest BCUT2D eigenvalue weighted by molar-refractivity contribution is 6.05. The van der Waals surface area contributed by atoms with E-state index < -0.39 is 0 Å². The summed E-state index contributed by atoms with van der Waals surface area (Å²) in [5.74, 6) is -0.220. The zero-order valence-electron chi connectivity index (χ0n) is 9.60. The van der Waals surface area contributed by atoms with Crippen molar-refractivity contribution >= 4 is 17.6 Å². The van der Waals surface area contributed by atoms with E-state index in [2.05, 4.69) is 5.32 Å². The van der Waals surface area contributed by atoms with Gasteiger partial charge in [-0.25, -0.2) is 4.79 Å². The quantitative estimate of drug-likeness (QED) is 0.857. The van der Waals surface area contributed by atoms with E-state index in [1.165, 1.54) is 0 Å². The van der Waals surface area contributed by atoms with E-state index in [0.717, 1.165) is 11.3 Å². The van der Waals surface area contributed by atoms with Gasteiger partial charge in [-0.3, -0.25) is 15.0 Å². The molecule has 2 rings (SSSR count). The van der Waals surface area contributed by atoms with Gasteiger partial charge in [0.15, 0.2) is 0 Å². The molecule has 1 aromatic rings. The summed E-state index contributed by atoms with van der Waals surface area (Å²) in [5.41, 5.74) is 1.83. The number of rotatable bonds is 3. The minimum atomic E-state index is -0.360. The molecule has 1 heterocycles. The normalized spacial score (nSPS) is 15.9. The standard InChI is InChI=1S/C12H14N2O3/c1-17-8-9-2-4-10(5-3-9)14-7-6-11(15)13-12(14)16/h2-5H,6-8H2,1H3,(H,13,15,16). The minimum absolute atomic E-state index is 0.220. The second kappa shape index (κ2) is 4.97. The molecular formula is C12H14N2O3. The third-order valence-corrected chi connectivity index (χ3v) is 2.61.